The van der Waals surface area contributed by atoms with Crippen molar-refractivity contribution in [1.82, 2.24) is 0 Å². The monoisotopic (exact) mass is 384 g/mol. The predicted molar refractivity (Wildman–Crippen MR) is 95.7 cm³/mol. The summed E-state index contributed by atoms with van der Waals surface area (Å²) < 4.78 is 7.37. The quantitative estimate of drug-likeness (QED) is 0.399. The Morgan fingerprint density at radius 3 is 2.43 bits per heavy atom. The van der Waals surface area contributed by atoms with E-state index in [4.69, 9.17) is 4.42 Å². The van der Waals surface area contributed by atoms with Gasteiger partial charge in [0, 0.05) is 20.8 Å². The summed E-state index contributed by atoms with van der Waals surface area (Å²) in [6.07, 6.45) is 0.897. The van der Waals surface area contributed by atoms with Crippen LogP contribution >= 0.6 is 22.6 Å². The highest BCUT2D eigenvalue weighted by molar-refractivity contribution is 14.1. The maximum atomic E-state index is 6.13. The van der Waals surface area contributed by atoms with Crippen LogP contribution in [0.3, 0.4) is 0 Å². The minimum Gasteiger partial charge on any atom is -0.456 e. The molecule has 102 valence electrons. The van der Waals surface area contributed by atoms with Crippen LogP contribution in [0.1, 0.15) is 11.1 Å². The molecule has 0 saturated heterocycles. The van der Waals surface area contributed by atoms with Crippen molar-refractivity contribution in [2.24, 2.45) is 0 Å². The first-order chi connectivity index (χ1) is 10.3. The maximum Gasteiger partial charge on any atom is 0.140 e. The van der Waals surface area contributed by atoms with Crippen molar-refractivity contribution in [3.05, 3.63) is 81.4 Å². The molecule has 0 amide bonds. The Hall–Kier alpha value is -1.81. The van der Waals surface area contributed by atoms with Gasteiger partial charge in [0.2, 0.25) is 0 Å². The molecule has 1 heterocycles. The van der Waals surface area contributed by atoms with Crippen LogP contribution in [0.5, 0.6) is 0 Å². The molecule has 0 N–H and O–H groups in total. The van der Waals surface area contributed by atoms with Crippen molar-refractivity contribution in [1.29, 1.82) is 0 Å². The van der Waals surface area contributed by atoms with Crippen LogP contribution in [0.25, 0.3) is 21.9 Å². The second-order valence-corrected chi connectivity index (χ2v) is 6.33. The average Bonchev–Trinajstić information content (AvgIpc) is 2.92. The van der Waals surface area contributed by atoms with E-state index in [0.717, 1.165) is 17.6 Å². The molecule has 0 spiro atoms. The largest absolute Gasteiger partial charge is 0.456 e. The number of hydrogen-bond donors (Lipinski definition) is 0. The number of halogens is 1. The Balaban J connectivity index is 1.96. The van der Waals surface area contributed by atoms with E-state index in [1.807, 2.05) is 18.2 Å². The molecule has 2 heteroatoms. The average molecular weight is 384 g/mol. The SMILES string of the molecule is Ic1ccc(Cc2ccccc2)c2oc3ccccc3c12. The lowest BCUT2D eigenvalue weighted by Crippen LogP contribution is -1.89. The molecule has 0 unspecified atom stereocenters. The zero-order chi connectivity index (χ0) is 14.2. The Bertz CT molecular complexity index is 922. The Morgan fingerprint density at radius 1 is 0.810 bits per heavy atom. The van der Waals surface area contributed by atoms with Crippen molar-refractivity contribution in [2.75, 3.05) is 0 Å². The van der Waals surface area contributed by atoms with E-state index >= 15 is 0 Å². The summed E-state index contributed by atoms with van der Waals surface area (Å²) in [7, 11) is 0. The molecule has 1 nitrogen and oxygen atoms in total. The molecule has 0 atom stereocenters. The highest BCUT2D eigenvalue weighted by atomic mass is 127. The van der Waals surface area contributed by atoms with E-state index in [1.54, 1.807) is 0 Å². The van der Waals surface area contributed by atoms with Gasteiger partial charge in [0.05, 0.1) is 0 Å². The summed E-state index contributed by atoms with van der Waals surface area (Å²) in [6, 6.07) is 23.2. The second-order valence-electron chi connectivity index (χ2n) is 5.17. The van der Waals surface area contributed by atoms with Gasteiger partial charge in [0.25, 0.3) is 0 Å². The van der Waals surface area contributed by atoms with Crippen LogP contribution in [0.4, 0.5) is 0 Å². The minimum atomic E-state index is 0.897. The summed E-state index contributed by atoms with van der Waals surface area (Å²) in [5, 5.41) is 2.44. The van der Waals surface area contributed by atoms with Gasteiger partial charge in [0.1, 0.15) is 11.2 Å². The first kappa shape index (κ1) is 12.9. The molecule has 1 aromatic heterocycles. The fourth-order valence-electron chi connectivity index (χ4n) is 2.80. The second kappa shape index (κ2) is 5.19. The molecule has 4 aromatic rings. The van der Waals surface area contributed by atoms with Gasteiger partial charge in [-0.15, -0.1) is 0 Å². The summed E-state index contributed by atoms with van der Waals surface area (Å²) in [6.45, 7) is 0. The number of benzene rings is 3. The van der Waals surface area contributed by atoms with Crippen LogP contribution < -0.4 is 0 Å². The van der Waals surface area contributed by atoms with Crippen LogP contribution in [-0.4, -0.2) is 0 Å². The summed E-state index contributed by atoms with van der Waals surface area (Å²) in [4.78, 5) is 0. The van der Waals surface area contributed by atoms with Gasteiger partial charge in [-0.3, -0.25) is 0 Å². The first-order valence-corrected chi connectivity index (χ1v) is 8.03. The van der Waals surface area contributed by atoms with Crippen LogP contribution in [-0.2, 0) is 6.42 Å². The third-order valence-corrected chi connectivity index (χ3v) is 4.69. The molecule has 0 saturated carbocycles. The fourth-order valence-corrected chi connectivity index (χ4v) is 3.51. The van der Waals surface area contributed by atoms with E-state index in [2.05, 4.69) is 71.1 Å². The van der Waals surface area contributed by atoms with Crippen molar-refractivity contribution < 1.29 is 4.42 Å². The molecule has 0 bridgehead atoms. The standard InChI is InChI=1S/C19H13IO/c20-16-11-10-14(12-13-6-2-1-3-7-13)19-18(16)15-8-4-5-9-17(15)21-19/h1-11H,12H2. The van der Waals surface area contributed by atoms with Gasteiger partial charge in [-0.05, 0) is 45.9 Å². The van der Waals surface area contributed by atoms with E-state index in [1.165, 1.54) is 25.5 Å². The molecule has 0 aliphatic carbocycles. The Kier molecular flexibility index (Phi) is 3.19. The molecular weight excluding hydrogens is 371 g/mol. The number of rotatable bonds is 2. The van der Waals surface area contributed by atoms with Crippen LogP contribution in [0.15, 0.2) is 71.1 Å². The fraction of sp³-hybridized carbons (Fsp3) is 0.0526. The van der Waals surface area contributed by atoms with Crippen molar-refractivity contribution in [2.45, 2.75) is 6.42 Å². The Labute approximate surface area is 136 Å². The van der Waals surface area contributed by atoms with Gasteiger partial charge in [-0.2, -0.15) is 0 Å². The molecule has 0 aliphatic rings. The molecule has 4 rings (SSSR count). The van der Waals surface area contributed by atoms with Gasteiger partial charge in [-0.25, -0.2) is 0 Å². The van der Waals surface area contributed by atoms with Crippen molar-refractivity contribution in [3.8, 4) is 0 Å². The van der Waals surface area contributed by atoms with Crippen LogP contribution in [0.2, 0.25) is 0 Å². The summed E-state index contributed by atoms with van der Waals surface area (Å²) in [5.41, 5.74) is 4.53. The van der Waals surface area contributed by atoms with Crippen LogP contribution in [0, 0.1) is 3.57 Å². The zero-order valence-electron chi connectivity index (χ0n) is 11.3. The summed E-state index contributed by atoms with van der Waals surface area (Å²) in [5.74, 6) is 0. The molecule has 3 aromatic carbocycles. The minimum absolute atomic E-state index is 0.897. The first-order valence-electron chi connectivity index (χ1n) is 6.95. The van der Waals surface area contributed by atoms with E-state index < -0.39 is 0 Å². The van der Waals surface area contributed by atoms with E-state index in [-0.39, 0.29) is 0 Å². The van der Waals surface area contributed by atoms with Gasteiger partial charge in [-0.1, -0.05) is 54.6 Å². The topological polar surface area (TPSA) is 13.1 Å². The number of furan rings is 1. The third kappa shape index (κ3) is 2.23. The molecular formula is C19H13IO. The maximum absolute atomic E-state index is 6.13. The smallest absolute Gasteiger partial charge is 0.140 e. The number of para-hydroxylation sites is 1. The molecule has 0 radical (unpaired) electrons. The number of hydrogen-bond acceptors (Lipinski definition) is 1. The predicted octanol–water partition coefficient (Wildman–Crippen LogP) is 5.78. The molecule has 0 fully saturated rings. The zero-order valence-corrected chi connectivity index (χ0v) is 13.5. The highest BCUT2D eigenvalue weighted by Gasteiger charge is 2.13. The van der Waals surface area contributed by atoms with Crippen molar-refractivity contribution in [3.63, 3.8) is 0 Å². The third-order valence-electron chi connectivity index (χ3n) is 3.79. The normalized spacial score (nSPS) is 11.3. The lowest BCUT2D eigenvalue weighted by Gasteiger charge is -2.04. The lowest BCUT2D eigenvalue weighted by atomic mass is 10.0. The molecule has 0 aliphatic heterocycles. The van der Waals surface area contributed by atoms with Crippen molar-refractivity contribution >= 4 is 44.5 Å². The molecule has 21 heavy (non-hydrogen) atoms. The van der Waals surface area contributed by atoms with Gasteiger partial charge in [0.15, 0.2) is 0 Å². The number of fused-ring (bicyclic) bond motifs is 3. The van der Waals surface area contributed by atoms with E-state index in [9.17, 15) is 0 Å². The summed E-state index contributed by atoms with van der Waals surface area (Å²) >= 11 is 2.39. The Morgan fingerprint density at radius 2 is 1.57 bits per heavy atom. The highest BCUT2D eigenvalue weighted by Crippen LogP contribution is 2.34. The van der Waals surface area contributed by atoms with Gasteiger partial charge < -0.3 is 4.42 Å². The van der Waals surface area contributed by atoms with E-state index in [0.29, 0.717) is 0 Å². The van der Waals surface area contributed by atoms with Gasteiger partial charge >= 0.3 is 0 Å². The lowest BCUT2D eigenvalue weighted by molar-refractivity contribution is 0.664.